The lowest BCUT2D eigenvalue weighted by atomic mass is 9.93. The Morgan fingerprint density at radius 1 is 1.07 bits per heavy atom. The van der Waals surface area contributed by atoms with Crippen LogP contribution in [0.15, 0.2) is 60.7 Å². The molecule has 7 heteroatoms. The SMILES string of the molecule is CC1(CCc2ccccc2)NC(=O)N(NC(=O)COc2ccccc2)C1=O. The predicted octanol–water partition coefficient (Wildman–Crippen LogP) is 2.04. The maximum absolute atomic E-state index is 12.7. The van der Waals surface area contributed by atoms with Crippen molar-refractivity contribution in [2.24, 2.45) is 0 Å². The van der Waals surface area contributed by atoms with Crippen LogP contribution in [0.5, 0.6) is 5.75 Å². The Labute approximate surface area is 157 Å². The summed E-state index contributed by atoms with van der Waals surface area (Å²) >= 11 is 0. The molecule has 1 fully saturated rings. The standard InChI is InChI=1S/C20H21N3O4/c1-20(13-12-15-8-4-2-5-9-15)18(25)23(19(26)21-20)22-17(24)14-27-16-10-6-3-7-11-16/h2-11H,12-14H2,1H3,(H,21,26)(H,22,24). The minimum absolute atomic E-state index is 0.304. The van der Waals surface area contributed by atoms with Crippen molar-refractivity contribution in [1.82, 2.24) is 15.8 Å². The molecule has 2 aromatic carbocycles. The third-order valence-corrected chi connectivity index (χ3v) is 4.37. The number of ether oxygens (including phenoxy) is 1. The van der Waals surface area contributed by atoms with E-state index in [2.05, 4.69) is 10.7 Å². The molecular weight excluding hydrogens is 346 g/mol. The normalized spacial score (nSPS) is 18.9. The fourth-order valence-corrected chi connectivity index (χ4v) is 2.82. The van der Waals surface area contributed by atoms with Crippen molar-refractivity contribution in [3.05, 3.63) is 66.2 Å². The van der Waals surface area contributed by atoms with Crippen LogP contribution < -0.4 is 15.5 Å². The molecule has 0 aromatic heterocycles. The maximum atomic E-state index is 12.7. The van der Waals surface area contributed by atoms with Gasteiger partial charge in [-0.3, -0.25) is 15.0 Å². The van der Waals surface area contributed by atoms with Crippen molar-refractivity contribution in [3.63, 3.8) is 0 Å². The van der Waals surface area contributed by atoms with Crippen molar-refractivity contribution in [2.45, 2.75) is 25.3 Å². The first-order valence-corrected chi connectivity index (χ1v) is 8.66. The molecule has 1 aliphatic rings. The first kappa shape index (κ1) is 18.4. The van der Waals surface area contributed by atoms with Gasteiger partial charge in [0, 0.05) is 0 Å². The molecule has 1 aliphatic heterocycles. The second-order valence-corrected chi connectivity index (χ2v) is 6.53. The predicted molar refractivity (Wildman–Crippen MR) is 98.6 cm³/mol. The number of carbonyl (C=O) groups excluding carboxylic acids is 3. The number of nitrogens with zero attached hydrogens (tertiary/aromatic N) is 1. The smallest absolute Gasteiger partial charge is 0.344 e. The van der Waals surface area contributed by atoms with E-state index >= 15 is 0 Å². The van der Waals surface area contributed by atoms with E-state index in [9.17, 15) is 14.4 Å². The molecule has 1 saturated heterocycles. The second-order valence-electron chi connectivity index (χ2n) is 6.53. The van der Waals surface area contributed by atoms with Gasteiger partial charge in [-0.2, -0.15) is 5.01 Å². The summed E-state index contributed by atoms with van der Waals surface area (Å²) in [6.45, 7) is 1.35. The van der Waals surface area contributed by atoms with E-state index in [0.717, 1.165) is 10.6 Å². The summed E-state index contributed by atoms with van der Waals surface area (Å²) in [6.07, 6.45) is 1.05. The van der Waals surface area contributed by atoms with E-state index in [1.165, 1.54) is 0 Å². The zero-order valence-corrected chi connectivity index (χ0v) is 15.0. The highest BCUT2D eigenvalue weighted by Gasteiger charge is 2.48. The van der Waals surface area contributed by atoms with Crippen LogP contribution in [0.3, 0.4) is 0 Å². The quantitative estimate of drug-likeness (QED) is 0.733. The molecule has 0 aliphatic carbocycles. The maximum Gasteiger partial charge on any atom is 0.344 e. The summed E-state index contributed by atoms with van der Waals surface area (Å²) in [5, 5.41) is 3.39. The van der Waals surface area contributed by atoms with E-state index in [1.54, 1.807) is 31.2 Å². The molecule has 0 saturated carbocycles. The molecule has 1 unspecified atom stereocenters. The summed E-state index contributed by atoms with van der Waals surface area (Å²) in [5.41, 5.74) is 2.31. The van der Waals surface area contributed by atoms with Crippen molar-refractivity contribution >= 4 is 17.8 Å². The first-order chi connectivity index (χ1) is 13.0. The van der Waals surface area contributed by atoms with Gasteiger partial charge in [-0.1, -0.05) is 48.5 Å². The average molecular weight is 367 g/mol. The van der Waals surface area contributed by atoms with E-state index < -0.39 is 23.4 Å². The topological polar surface area (TPSA) is 87.7 Å². The number of benzene rings is 2. The van der Waals surface area contributed by atoms with Gasteiger partial charge in [0.25, 0.3) is 11.8 Å². The van der Waals surface area contributed by atoms with Crippen molar-refractivity contribution in [1.29, 1.82) is 0 Å². The number of hydrogen-bond donors (Lipinski definition) is 2. The van der Waals surface area contributed by atoms with Crippen LogP contribution in [-0.2, 0) is 16.0 Å². The number of carbonyl (C=O) groups is 3. The molecule has 1 heterocycles. The number of urea groups is 1. The summed E-state index contributed by atoms with van der Waals surface area (Å²) in [7, 11) is 0. The van der Waals surface area contributed by atoms with Gasteiger partial charge in [0.1, 0.15) is 11.3 Å². The van der Waals surface area contributed by atoms with Gasteiger partial charge in [0.15, 0.2) is 6.61 Å². The number of hydrazine groups is 1. The van der Waals surface area contributed by atoms with E-state index in [0.29, 0.717) is 18.6 Å². The summed E-state index contributed by atoms with van der Waals surface area (Å²) in [6, 6.07) is 17.9. The third kappa shape index (κ3) is 4.44. The summed E-state index contributed by atoms with van der Waals surface area (Å²) in [5.74, 6) is -0.552. The van der Waals surface area contributed by atoms with Crippen LogP contribution in [0.4, 0.5) is 4.79 Å². The Balaban J connectivity index is 1.55. The highest BCUT2D eigenvalue weighted by Crippen LogP contribution is 2.22. The summed E-state index contributed by atoms with van der Waals surface area (Å²) < 4.78 is 5.32. The Morgan fingerprint density at radius 2 is 1.70 bits per heavy atom. The van der Waals surface area contributed by atoms with Gasteiger partial charge in [-0.25, -0.2) is 4.79 Å². The van der Waals surface area contributed by atoms with E-state index in [-0.39, 0.29) is 6.61 Å². The van der Waals surface area contributed by atoms with Gasteiger partial charge in [-0.05, 0) is 37.5 Å². The molecule has 1 atom stereocenters. The Morgan fingerprint density at radius 3 is 2.37 bits per heavy atom. The molecule has 0 radical (unpaired) electrons. The van der Waals surface area contributed by atoms with E-state index in [4.69, 9.17) is 4.74 Å². The lowest BCUT2D eigenvalue weighted by Crippen LogP contribution is -2.50. The third-order valence-electron chi connectivity index (χ3n) is 4.37. The van der Waals surface area contributed by atoms with Gasteiger partial charge in [0.2, 0.25) is 0 Å². The van der Waals surface area contributed by atoms with Crippen LogP contribution >= 0.6 is 0 Å². The number of aryl methyl sites for hydroxylation is 1. The molecule has 140 valence electrons. The van der Waals surface area contributed by atoms with Crippen molar-refractivity contribution in [2.75, 3.05) is 6.61 Å². The number of nitrogens with one attached hydrogen (secondary N) is 2. The first-order valence-electron chi connectivity index (χ1n) is 8.66. The van der Waals surface area contributed by atoms with Crippen LogP contribution in [0.25, 0.3) is 0 Å². The highest BCUT2D eigenvalue weighted by atomic mass is 16.5. The molecule has 7 nitrogen and oxygen atoms in total. The number of rotatable bonds is 7. The Bertz CT molecular complexity index is 826. The largest absolute Gasteiger partial charge is 0.484 e. The molecule has 0 spiro atoms. The second kappa shape index (κ2) is 7.90. The van der Waals surface area contributed by atoms with Crippen LogP contribution in [0.1, 0.15) is 18.9 Å². The molecule has 2 N–H and O–H groups in total. The van der Waals surface area contributed by atoms with Crippen molar-refractivity contribution in [3.8, 4) is 5.75 Å². The fourth-order valence-electron chi connectivity index (χ4n) is 2.82. The molecule has 3 rings (SSSR count). The van der Waals surface area contributed by atoms with Gasteiger partial charge in [-0.15, -0.1) is 0 Å². The Hall–Kier alpha value is -3.35. The zero-order chi connectivity index (χ0) is 19.3. The lowest BCUT2D eigenvalue weighted by Gasteiger charge is -2.21. The summed E-state index contributed by atoms with van der Waals surface area (Å²) in [4.78, 5) is 36.9. The van der Waals surface area contributed by atoms with Crippen LogP contribution in [0, 0.1) is 0 Å². The molecule has 0 bridgehead atoms. The van der Waals surface area contributed by atoms with E-state index in [1.807, 2.05) is 36.4 Å². The monoisotopic (exact) mass is 367 g/mol. The molecule has 27 heavy (non-hydrogen) atoms. The Kier molecular flexibility index (Phi) is 5.40. The number of imide groups is 1. The average Bonchev–Trinajstić information content (AvgIpc) is 2.90. The van der Waals surface area contributed by atoms with Crippen LogP contribution in [-0.4, -0.2) is 35.0 Å². The van der Waals surface area contributed by atoms with Gasteiger partial charge >= 0.3 is 6.03 Å². The fraction of sp³-hybridized carbons (Fsp3) is 0.250. The molecule has 2 aromatic rings. The minimum Gasteiger partial charge on any atom is -0.484 e. The van der Waals surface area contributed by atoms with Crippen LogP contribution in [0.2, 0.25) is 0 Å². The zero-order valence-electron chi connectivity index (χ0n) is 15.0. The molecule has 4 amide bonds. The number of amides is 4. The van der Waals surface area contributed by atoms with Gasteiger partial charge < -0.3 is 10.1 Å². The number of para-hydroxylation sites is 1. The van der Waals surface area contributed by atoms with Crippen molar-refractivity contribution < 1.29 is 19.1 Å². The van der Waals surface area contributed by atoms with Gasteiger partial charge in [0.05, 0.1) is 0 Å². The minimum atomic E-state index is -1.07. The molecular formula is C20H21N3O4. The number of hydrogen-bond acceptors (Lipinski definition) is 4. The highest BCUT2D eigenvalue weighted by molar-refractivity contribution is 6.07. The lowest BCUT2D eigenvalue weighted by molar-refractivity contribution is -0.139.